The number of ether oxygens (including phenoxy) is 2. The largest absolute Gasteiger partial charge is 0.486 e. The third-order valence-electron chi connectivity index (χ3n) is 2.98. The van der Waals surface area contributed by atoms with Crippen LogP contribution in [0.3, 0.4) is 0 Å². The lowest BCUT2D eigenvalue weighted by Gasteiger charge is -2.18. The highest BCUT2D eigenvalue weighted by atomic mass is 32.2. The molecule has 0 saturated heterocycles. The predicted molar refractivity (Wildman–Crippen MR) is 76.4 cm³/mol. The van der Waals surface area contributed by atoms with Crippen LogP contribution >= 0.6 is 11.8 Å². The third-order valence-corrected chi connectivity index (χ3v) is 3.92. The maximum atomic E-state index is 9.46. The molecule has 0 saturated carbocycles. The molecule has 0 aliphatic carbocycles. The fourth-order valence-electron chi connectivity index (χ4n) is 1.91. The molecule has 4 nitrogen and oxygen atoms in total. The molecule has 104 valence electrons. The van der Waals surface area contributed by atoms with E-state index in [0.29, 0.717) is 13.2 Å². The second kappa shape index (κ2) is 5.73. The van der Waals surface area contributed by atoms with Crippen LogP contribution in [0.5, 0.6) is 11.5 Å². The van der Waals surface area contributed by atoms with Crippen LogP contribution in [0.1, 0.15) is 18.6 Å². The molecule has 2 heterocycles. The summed E-state index contributed by atoms with van der Waals surface area (Å²) in [5.41, 5.74) is 0.816. The molecule has 0 unspecified atom stereocenters. The van der Waals surface area contributed by atoms with Gasteiger partial charge < -0.3 is 14.6 Å². The minimum atomic E-state index is -0.490. The summed E-state index contributed by atoms with van der Waals surface area (Å²) >= 11 is 1.55. The third kappa shape index (κ3) is 2.89. The molecular formula is C15H15NO3S. The van der Waals surface area contributed by atoms with Gasteiger partial charge in [-0.05, 0) is 36.8 Å². The van der Waals surface area contributed by atoms with E-state index in [-0.39, 0.29) is 0 Å². The first-order valence-electron chi connectivity index (χ1n) is 6.44. The summed E-state index contributed by atoms with van der Waals surface area (Å²) in [5, 5.41) is 10.3. The Balaban J connectivity index is 1.77. The van der Waals surface area contributed by atoms with Crippen LogP contribution in [0.4, 0.5) is 0 Å². The zero-order valence-corrected chi connectivity index (χ0v) is 11.9. The highest BCUT2D eigenvalue weighted by Gasteiger charge is 2.12. The number of rotatable bonds is 3. The van der Waals surface area contributed by atoms with Crippen molar-refractivity contribution in [2.24, 2.45) is 0 Å². The summed E-state index contributed by atoms with van der Waals surface area (Å²) in [4.78, 5) is 5.39. The fraction of sp³-hybridized carbons (Fsp3) is 0.267. The second-order valence-corrected chi connectivity index (χ2v) is 5.61. The van der Waals surface area contributed by atoms with Crippen molar-refractivity contribution in [3.05, 3.63) is 42.1 Å². The number of aliphatic hydroxyl groups excluding tert-OH is 1. The van der Waals surface area contributed by atoms with Gasteiger partial charge in [0.1, 0.15) is 18.2 Å². The van der Waals surface area contributed by atoms with E-state index in [1.165, 1.54) is 0 Å². The quantitative estimate of drug-likeness (QED) is 0.941. The summed E-state index contributed by atoms with van der Waals surface area (Å²) in [7, 11) is 0. The molecule has 0 bridgehead atoms. The van der Waals surface area contributed by atoms with Gasteiger partial charge in [-0.3, -0.25) is 0 Å². The summed E-state index contributed by atoms with van der Waals surface area (Å²) in [6.07, 6.45) is 1.21. The summed E-state index contributed by atoms with van der Waals surface area (Å²) in [6, 6.07) is 9.66. The van der Waals surface area contributed by atoms with Crippen LogP contribution in [0, 0.1) is 0 Å². The van der Waals surface area contributed by atoms with Gasteiger partial charge in [0.2, 0.25) is 0 Å². The van der Waals surface area contributed by atoms with Crippen molar-refractivity contribution in [2.45, 2.75) is 22.9 Å². The molecule has 1 aliphatic heterocycles. The van der Waals surface area contributed by atoms with E-state index in [0.717, 1.165) is 27.0 Å². The predicted octanol–water partition coefficient (Wildman–Crippen LogP) is 3.06. The number of aromatic nitrogens is 1. The second-order valence-electron chi connectivity index (χ2n) is 4.51. The van der Waals surface area contributed by atoms with Crippen LogP contribution in [0.25, 0.3) is 0 Å². The van der Waals surface area contributed by atoms with Crippen molar-refractivity contribution in [1.82, 2.24) is 4.98 Å². The zero-order chi connectivity index (χ0) is 13.9. The molecule has 1 aliphatic rings. The van der Waals surface area contributed by atoms with Gasteiger partial charge >= 0.3 is 0 Å². The molecule has 1 N–H and O–H groups in total. The number of aliphatic hydroxyl groups is 1. The molecule has 3 rings (SSSR count). The van der Waals surface area contributed by atoms with Crippen molar-refractivity contribution in [1.29, 1.82) is 0 Å². The van der Waals surface area contributed by atoms with Gasteiger partial charge in [-0.1, -0.05) is 17.8 Å². The molecule has 1 aromatic heterocycles. The maximum absolute atomic E-state index is 9.46. The molecule has 1 aromatic carbocycles. The highest BCUT2D eigenvalue weighted by Crippen LogP contribution is 2.36. The molecule has 0 spiro atoms. The number of hydrogen-bond acceptors (Lipinski definition) is 5. The molecule has 5 heteroatoms. The molecule has 20 heavy (non-hydrogen) atoms. The Bertz CT molecular complexity index is 599. The van der Waals surface area contributed by atoms with E-state index in [2.05, 4.69) is 4.98 Å². The van der Waals surface area contributed by atoms with E-state index in [9.17, 15) is 5.11 Å². The Kier molecular flexibility index (Phi) is 3.80. The van der Waals surface area contributed by atoms with Crippen LogP contribution in [-0.2, 0) is 0 Å². The highest BCUT2D eigenvalue weighted by molar-refractivity contribution is 7.99. The van der Waals surface area contributed by atoms with Crippen LogP contribution in [-0.4, -0.2) is 23.3 Å². The monoisotopic (exact) mass is 289 g/mol. The standard InChI is InChI=1S/C15H15NO3S/c1-10(17)11-2-5-15(16-9-11)20-12-3-4-13-14(8-12)19-7-6-18-13/h2-5,8-10,17H,6-7H2,1H3/t10-/m1/s1. The minimum Gasteiger partial charge on any atom is -0.486 e. The normalized spacial score (nSPS) is 14.9. The summed E-state index contributed by atoms with van der Waals surface area (Å²) in [5.74, 6) is 1.57. The molecule has 2 aromatic rings. The number of pyridine rings is 1. The van der Waals surface area contributed by atoms with E-state index >= 15 is 0 Å². The van der Waals surface area contributed by atoms with E-state index in [1.807, 2.05) is 30.3 Å². The van der Waals surface area contributed by atoms with Gasteiger partial charge in [0, 0.05) is 11.1 Å². The Morgan fingerprint density at radius 1 is 1.15 bits per heavy atom. The molecule has 1 atom stereocenters. The first-order valence-corrected chi connectivity index (χ1v) is 7.25. The van der Waals surface area contributed by atoms with Crippen LogP contribution in [0.2, 0.25) is 0 Å². The lowest BCUT2D eigenvalue weighted by atomic mass is 10.2. The SMILES string of the molecule is C[C@@H](O)c1ccc(Sc2ccc3c(c2)OCCO3)nc1. The number of benzene rings is 1. The van der Waals surface area contributed by atoms with Crippen molar-refractivity contribution in [2.75, 3.05) is 13.2 Å². The van der Waals surface area contributed by atoms with Crippen molar-refractivity contribution >= 4 is 11.8 Å². The number of hydrogen-bond donors (Lipinski definition) is 1. The average molecular weight is 289 g/mol. The van der Waals surface area contributed by atoms with Crippen molar-refractivity contribution in [3.63, 3.8) is 0 Å². The number of nitrogens with zero attached hydrogens (tertiary/aromatic N) is 1. The maximum Gasteiger partial charge on any atom is 0.162 e. The van der Waals surface area contributed by atoms with Gasteiger partial charge in [0.25, 0.3) is 0 Å². The van der Waals surface area contributed by atoms with Crippen LogP contribution in [0.15, 0.2) is 46.5 Å². The zero-order valence-electron chi connectivity index (χ0n) is 11.1. The van der Waals surface area contributed by atoms with Gasteiger partial charge in [0.15, 0.2) is 11.5 Å². The lowest BCUT2D eigenvalue weighted by molar-refractivity contribution is 0.171. The summed E-state index contributed by atoms with van der Waals surface area (Å²) < 4.78 is 11.1. The molecule has 0 fully saturated rings. The first-order chi connectivity index (χ1) is 9.72. The van der Waals surface area contributed by atoms with Gasteiger partial charge in [-0.15, -0.1) is 0 Å². The summed E-state index contributed by atoms with van der Waals surface area (Å²) in [6.45, 7) is 2.91. The van der Waals surface area contributed by atoms with E-state index in [1.54, 1.807) is 24.9 Å². The molecule has 0 amide bonds. The minimum absolute atomic E-state index is 0.490. The van der Waals surface area contributed by atoms with Gasteiger partial charge in [0.05, 0.1) is 6.10 Å². The van der Waals surface area contributed by atoms with Gasteiger partial charge in [-0.25, -0.2) is 4.98 Å². The Morgan fingerprint density at radius 2 is 1.95 bits per heavy atom. The van der Waals surface area contributed by atoms with Crippen LogP contribution < -0.4 is 9.47 Å². The average Bonchev–Trinajstić information content (AvgIpc) is 2.48. The Morgan fingerprint density at radius 3 is 2.65 bits per heavy atom. The van der Waals surface area contributed by atoms with Crippen molar-refractivity contribution < 1.29 is 14.6 Å². The van der Waals surface area contributed by atoms with E-state index in [4.69, 9.17) is 9.47 Å². The Hall–Kier alpha value is -1.72. The van der Waals surface area contributed by atoms with E-state index < -0.39 is 6.10 Å². The number of fused-ring (bicyclic) bond motifs is 1. The lowest BCUT2D eigenvalue weighted by Crippen LogP contribution is -2.15. The smallest absolute Gasteiger partial charge is 0.162 e. The fourth-order valence-corrected chi connectivity index (χ4v) is 2.69. The van der Waals surface area contributed by atoms with Crippen molar-refractivity contribution in [3.8, 4) is 11.5 Å². The topological polar surface area (TPSA) is 51.6 Å². The molecule has 0 radical (unpaired) electrons. The molecular weight excluding hydrogens is 274 g/mol. The van der Waals surface area contributed by atoms with Gasteiger partial charge in [-0.2, -0.15) is 0 Å². The first kappa shape index (κ1) is 13.3. The Labute approximate surface area is 121 Å².